The first-order valence-electron chi connectivity index (χ1n) is 5.74. The second-order valence-corrected chi connectivity index (χ2v) is 4.84. The minimum atomic E-state index is -0.632. The van der Waals surface area contributed by atoms with Gasteiger partial charge >= 0.3 is 0 Å². The van der Waals surface area contributed by atoms with Gasteiger partial charge < -0.3 is 9.67 Å². The molecule has 0 aliphatic carbocycles. The maximum atomic E-state index is 10.2. The Morgan fingerprint density at radius 1 is 1.33 bits per heavy atom. The van der Waals surface area contributed by atoms with Crippen LogP contribution in [0.3, 0.4) is 0 Å². The number of imidazole rings is 1. The number of hydrogen-bond acceptors (Lipinski definition) is 2. The van der Waals surface area contributed by atoms with Crippen molar-refractivity contribution < 1.29 is 5.11 Å². The minimum Gasteiger partial charge on any atom is -0.388 e. The first-order valence-corrected chi connectivity index (χ1v) is 6.50. The Morgan fingerprint density at radius 2 is 2.11 bits per heavy atom. The van der Waals surface area contributed by atoms with Crippen molar-refractivity contribution >= 4 is 23.2 Å². The van der Waals surface area contributed by atoms with Gasteiger partial charge in [-0.3, -0.25) is 0 Å². The molecule has 0 saturated heterocycles. The molecule has 0 aliphatic heterocycles. The van der Waals surface area contributed by atoms with Crippen LogP contribution in [0.4, 0.5) is 0 Å². The van der Waals surface area contributed by atoms with E-state index in [0.717, 1.165) is 17.9 Å². The number of aliphatic hydroxyl groups is 1. The Hall–Kier alpha value is -1.03. The minimum absolute atomic E-state index is 0.451. The van der Waals surface area contributed by atoms with Crippen molar-refractivity contribution in [2.24, 2.45) is 0 Å². The zero-order valence-electron chi connectivity index (χ0n) is 9.98. The van der Waals surface area contributed by atoms with Crippen molar-refractivity contribution in [2.75, 3.05) is 0 Å². The second kappa shape index (κ2) is 5.74. The van der Waals surface area contributed by atoms with Gasteiger partial charge in [-0.05, 0) is 24.6 Å². The van der Waals surface area contributed by atoms with Crippen molar-refractivity contribution in [1.29, 1.82) is 0 Å². The Kier molecular flexibility index (Phi) is 4.27. The van der Waals surface area contributed by atoms with Crippen molar-refractivity contribution in [3.8, 4) is 0 Å². The van der Waals surface area contributed by atoms with E-state index in [9.17, 15) is 5.11 Å². The fraction of sp³-hybridized carbons (Fsp3) is 0.308. The summed E-state index contributed by atoms with van der Waals surface area (Å²) in [7, 11) is 0. The van der Waals surface area contributed by atoms with Crippen LogP contribution in [0.25, 0.3) is 0 Å². The lowest BCUT2D eigenvalue weighted by Crippen LogP contribution is -2.08. The first kappa shape index (κ1) is 13.4. The van der Waals surface area contributed by atoms with Gasteiger partial charge in [-0.1, -0.05) is 29.3 Å². The second-order valence-electron chi connectivity index (χ2n) is 4.02. The lowest BCUT2D eigenvalue weighted by atomic mass is 10.1. The Bertz CT molecular complexity index is 540. The third kappa shape index (κ3) is 2.86. The summed E-state index contributed by atoms with van der Waals surface area (Å²) in [6.45, 7) is 2.88. The molecule has 1 heterocycles. The molecule has 1 N–H and O–H groups in total. The zero-order chi connectivity index (χ0) is 13.1. The molecule has 0 aliphatic rings. The molecular formula is C13H14Cl2N2O. The van der Waals surface area contributed by atoms with Gasteiger partial charge in [-0.2, -0.15) is 0 Å². The fourth-order valence-corrected chi connectivity index (χ4v) is 2.13. The van der Waals surface area contributed by atoms with Gasteiger partial charge in [0.15, 0.2) is 0 Å². The molecule has 18 heavy (non-hydrogen) atoms. The lowest BCUT2D eigenvalue weighted by molar-refractivity contribution is 0.174. The topological polar surface area (TPSA) is 38.0 Å². The van der Waals surface area contributed by atoms with E-state index >= 15 is 0 Å². The molecule has 96 valence electrons. The largest absolute Gasteiger partial charge is 0.388 e. The quantitative estimate of drug-likeness (QED) is 0.933. The van der Waals surface area contributed by atoms with E-state index in [1.807, 2.05) is 17.7 Å². The number of aliphatic hydroxyl groups excluding tert-OH is 1. The molecule has 0 amide bonds. The molecule has 1 aromatic carbocycles. The average molecular weight is 285 g/mol. The highest BCUT2D eigenvalue weighted by molar-refractivity contribution is 6.42. The van der Waals surface area contributed by atoms with Crippen molar-refractivity contribution in [2.45, 2.75) is 26.0 Å². The maximum Gasteiger partial charge on any atom is 0.111 e. The molecule has 3 nitrogen and oxygen atoms in total. The number of halogens is 2. The Balaban J connectivity index is 2.16. The van der Waals surface area contributed by atoms with Gasteiger partial charge in [-0.15, -0.1) is 0 Å². The van der Waals surface area contributed by atoms with E-state index in [1.54, 1.807) is 24.4 Å². The highest BCUT2D eigenvalue weighted by Gasteiger charge is 2.13. The van der Waals surface area contributed by atoms with E-state index in [4.69, 9.17) is 23.2 Å². The van der Waals surface area contributed by atoms with E-state index in [-0.39, 0.29) is 0 Å². The normalized spacial score (nSPS) is 12.7. The standard InChI is InChI=1S/C13H14Cl2N2O/c1-2-17-6-5-16-13(17)8-12(18)9-3-4-10(14)11(15)7-9/h3-7,12,18H,2,8H2,1H3. The first-order chi connectivity index (χ1) is 8.61. The molecule has 1 atom stereocenters. The predicted molar refractivity (Wildman–Crippen MR) is 73.0 cm³/mol. The van der Waals surface area contributed by atoms with E-state index < -0.39 is 6.10 Å². The smallest absolute Gasteiger partial charge is 0.111 e. The lowest BCUT2D eigenvalue weighted by Gasteiger charge is -2.12. The molecule has 2 aromatic rings. The summed E-state index contributed by atoms with van der Waals surface area (Å²) in [4.78, 5) is 4.24. The van der Waals surface area contributed by atoms with Crippen LogP contribution in [-0.2, 0) is 13.0 Å². The van der Waals surface area contributed by atoms with Crippen LogP contribution in [0, 0.1) is 0 Å². The third-order valence-corrected chi connectivity index (χ3v) is 3.59. The van der Waals surface area contributed by atoms with Gasteiger partial charge in [-0.25, -0.2) is 4.98 Å². The zero-order valence-corrected chi connectivity index (χ0v) is 11.5. The molecular weight excluding hydrogens is 271 g/mol. The van der Waals surface area contributed by atoms with Crippen LogP contribution < -0.4 is 0 Å². The number of hydrogen-bond donors (Lipinski definition) is 1. The Morgan fingerprint density at radius 3 is 2.78 bits per heavy atom. The molecule has 5 heteroatoms. The maximum absolute atomic E-state index is 10.2. The van der Waals surface area contributed by atoms with Crippen LogP contribution >= 0.6 is 23.2 Å². The molecule has 2 rings (SSSR count). The van der Waals surface area contributed by atoms with Crippen LogP contribution in [0.5, 0.6) is 0 Å². The molecule has 0 saturated carbocycles. The summed E-state index contributed by atoms with van der Waals surface area (Å²) in [5, 5.41) is 11.1. The molecule has 0 bridgehead atoms. The van der Waals surface area contributed by atoms with E-state index in [1.165, 1.54) is 0 Å². The molecule has 0 fully saturated rings. The van der Waals surface area contributed by atoms with Gasteiger partial charge in [0.2, 0.25) is 0 Å². The number of aromatic nitrogens is 2. The van der Waals surface area contributed by atoms with Crippen LogP contribution in [0.1, 0.15) is 24.4 Å². The number of benzene rings is 1. The number of nitrogens with zero attached hydrogens (tertiary/aromatic N) is 2. The van der Waals surface area contributed by atoms with E-state index in [2.05, 4.69) is 4.98 Å². The summed E-state index contributed by atoms with van der Waals surface area (Å²) in [6, 6.07) is 5.15. The number of aryl methyl sites for hydroxylation is 1. The summed E-state index contributed by atoms with van der Waals surface area (Å²) in [6.07, 6.45) is 3.46. The van der Waals surface area contributed by atoms with Crippen LogP contribution in [0.15, 0.2) is 30.6 Å². The van der Waals surface area contributed by atoms with Gasteiger partial charge in [0.25, 0.3) is 0 Å². The summed E-state index contributed by atoms with van der Waals surface area (Å²) in [5.41, 5.74) is 0.745. The Labute approximate surface area is 116 Å². The van der Waals surface area contributed by atoms with Gasteiger partial charge in [0.1, 0.15) is 5.82 Å². The molecule has 1 aromatic heterocycles. The molecule has 0 spiro atoms. The SMILES string of the molecule is CCn1ccnc1CC(O)c1ccc(Cl)c(Cl)c1. The van der Waals surface area contributed by atoms with Crippen LogP contribution in [-0.4, -0.2) is 14.7 Å². The summed E-state index contributed by atoms with van der Waals surface area (Å²) < 4.78 is 2.00. The fourth-order valence-electron chi connectivity index (χ4n) is 1.83. The van der Waals surface area contributed by atoms with Gasteiger partial charge in [0.05, 0.1) is 16.1 Å². The highest BCUT2D eigenvalue weighted by atomic mass is 35.5. The summed E-state index contributed by atoms with van der Waals surface area (Å²) in [5.74, 6) is 0.857. The average Bonchev–Trinajstić information content (AvgIpc) is 2.79. The number of rotatable bonds is 4. The predicted octanol–water partition coefficient (Wildman–Crippen LogP) is 3.49. The monoisotopic (exact) mass is 284 g/mol. The van der Waals surface area contributed by atoms with E-state index in [0.29, 0.717) is 16.5 Å². The van der Waals surface area contributed by atoms with Gasteiger partial charge in [0, 0.05) is 25.4 Å². The van der Waals surface area contributed by atoms with Crippen LogP contribution in [0.2, 0.25) is 10.0 Å². The molecule has 0 radical (unpaired) electrons. The molecule has 1 unspecified atom stereocenters. The highest BCUT2D eigenvalue weighted by Crippen LogP contribution is 2.26. The van der Waals surface area contributed by atoms with Crippen molar-refractivity contribution in [1.82, 2.24) is 9.55 Å². The van der Waals surface area contributed by atoms with Crippen molar-refractivity contribution in [3.05, 3.63) is 52.0 Å². The third-order valence-electron chi connectivity index (χ3n) is 2.85. The summed E-state index contributed by atoms with van der Waals surface area (Å²) >= 11 is 11.8. The van der Waals surface area contributed by atoms with Crippen molar-refractivity contribution in [3.63, 3.8) is 0 Å².